The summed E-state index contributed by atoms with van der Waals surface area (Å²) < 4.78 is 10.6. The highest BCUT2D eigenvalue weighted by Crippen LogP contribution is 2.42. The van der Waals surface area contributed by atoms with Gasteiger partial charge in [0.25, 0.3) is 0 Å². The largest absolute Gasteiger partial charge is 0.493 e. The lowest BCUT2D eigenvalue weighted by Gasteiger charge is -2.13. The van der Waals surface area contributed by atoms with Crippen LogP contribution in [0.4, 0.5) is 5.69 Å². The number of nitrogens with one attached hydrogen (secondary N) is 1. The molecule has 4 heteroatoms. The number of anilines is 1. The van der Waals surface area contributed by atoms with E-state index in [2.05, 4.69) is 24.4 Å². The Hall–Kier alpha value is -2.49. The number of methoxy groups -OCH3 is 2. The first-order chi connectivity index (χ1) is 10.6. The maximum absolute atomic E-state index is 12.4. The van der Waals surface area contributed by atoms with Gasteiger partial charge < -0.3 is 14.8 Å². The zero-order valence-corrected chi connectivity index (χ0v) is 13.0. The Morgan fingerprint density at radius 1 is 1.09 bits per heavy atom. The van der Waals surface area contributed by atoms with Crippen molar-refractivity contribution in [3.8, 4) is 11.5 Å². The maximum atomic E-state index is 12.4. The van der Waals surface area contributed by atoms with Crippen LogP contribution in [-0.2, 0) is 11.2 Å². The first-order valence-corrected chi connectivity index (χ1v) is 7.25. The molecule has 0 radical (unpaired) electrons. The van der Waals surface area contributed by atoms with Crippen molar-refractivity contribution in [2.24, 2.45) is 0 Å². The third-order valence-corrected chi connectivity index (χ3v) is 4.19. The van der Waals surface area contributed by atoms with Crippen molar-refractivity contribution in [1.29, 1.82) is 0 Å². The first-order valence-electron chi connectivity index (χ1n) is 7.25. The van der Waals surface area contributed by atoms with Gasteiger partial charge in [0.15, 0.2) is 11.5 Å². The number of fused-ring (bicyclic) bond motifs is 1. The minimum atomic E-state index is -0.198. The quantitative estimate of drug-likeness (QED) is 0.942. The number of carbonyl (C=O) groups excluding carboxylic acids is 1. The van der Waals surface area contributed by atoms with Crippen LogP contribution in [0.1, 0.15) is 22.6 Å². The summed E-state index contributed by atoms with van der Waals surface area (Å²) in [5.41, 5.74) is 4.15. The van der Waals surface area contributed by atoms with Crippen LogP contribution in [0.25, 0.3) is 0 Å². The minimum absolute atomic E-state index is 0.0218. The monoisotopic (exact) mass is 297 g/mol. The predicted molar refractivity (Wildman–Crippen MR) is 85.8 cm³/mol. The van der Waals surface area contributed by atoms with Crippen molar-refractivity contribution in [2.75, 3.05) is 19.5 Å². The van der Waals surface area contributed by atoms with Crippen molar-refractivity contribution < 1.29 is 14.3 Å². The molecule has 1 aliphatic heterocycles. The molecule has 0 aromatic heterocycles. The van der Waals surface area contributed by atoms with E-state index in [0.717, 1.165) is 11.3 Å². The van der Waals surface area contributed by atoms with Crippen LogP contribution in [-0.4, -0.2) is 20.1 Å². The molecule has 2 aromatic carbocycles. The van der Waals surface area contributed by atoms with E-state index in [1.165, 1.54) is 11.1 Å². The molecule has 0 saturated heterocycles. The van der Waals surface area contributed by atoms with Gasteiger partial charge in [-0.15, -0.1) is 0 Å². The normalized spacial score (nSPS) is 16.1. The zero-order valence-electron chi connectivity index (χ0n) is 13.0. The van der Waals surface area contributed by atoms with Crippen LogP contribution in [0, 0.1) is 6.92 Å². The summed E-state index contributed by atoms with van der Waals surface area (Å²) in [5, 5.41) is 2.94. The number of aryl methyl sites for hydroxylation is 1. The molecule has 1 unspecified atom stereocenters. The number of rotatable bonds is 4. The van der Waals surface area contributed by atoms with E-state index in [0.29, 0.717) is 17.9 Å². The lowest BCUT2D eigenvalue weighted by atomic mass is 9.91. The molecule has 0 aliphatic carbocycles. The van der Waals surface area contributed by atoms with Gasteiger partial charge in [-0.05, 0) is 36.1 Å². The Labute approximate surface area is 130 Å². The molecule has 1 N–H and O–H groups in total. The lowest BCUT2D eigenvalue weighted by molar-refractivity contribution is -0.117. The second-order valence-electron chi connectivity index (χ2n) is 5.47. The summed E-state index contributed by atoms with van der Waals surface area (Å²) in [6.45, 7) is 2.07. The Morgan fingerprint density at radius 3 is 2.45 bits per heavy atom. The Bertz CT molecular complexity index is 724. The van der Waals surface area contributed by atoms with Crippen LogP contribution in [0.2, 0.25) is 0 Å². The Balaban J connectivity index is 1.99. The van der Waals surface area contributed by atoms with E-state index < -0.39 is 0 Å². The second-order valence-corrected chi connectivity index (χ2v) is 5.47. The minimum Gasteiger partial charge on any atom is -0.493 e. The first kappa shape index (κ1) is 14.4. The highest BCUT2D eigenvalue weighted by Gasteiger charge is 2.32. The standard InChI is InChI=1S/C18H19NO3/c1-11-6-4-5-7-12(11)8-14-13-9-16(21-2)17(22-3)10-15(13)19-18(14)20/h4-7,9-10,14H,8H2,1-3H3,(H,19,20). The van der Waals surface area contributed by atoms with Gasteiger partial charge in [-0.3, -0.25) is 4.79 Å². The zero-order chi connectivity index (χ0) is 15.7. The van der Waals surface area contributed by atoms with Crippen LogP contribution < -0.4 is 14.8 Å². The molecule has 1 atom stereocenters. The molecule has 114 valence electrons. The molecule has 2 aromatic rings. The van der Waals surface area contributed by atoms with Gasteiger partial charge in [-0.2, -0.15) is 0 Å². The van der Waals surface area contributed by atoms with E-state index >= 15 is 0 Å². The summed E-state index contributed by atoms with van der Waals surface area (Å²) in [5.74, 6) is 1.09. The number of amides is 1. The van der Waals surface area contributed by atoms with Crippen molar-refractivity contribution in [3.05, 3.63) is 53.1 Å². The molecule has 1 aliphatic rings. The molecule has 22 heavy (non-hydrogen) atoms. The molecule has 1 heterocycles. The summed E-state index contributed by atoms with van der Waals surface area (Å²) in [7, 11) is 3.19. The van der Waals surface area contributed by atoms with Crippen molar-refractivity contribution in [2.45, 2.75) is 19.3 Å². The molecule has 4 nitrogen and oxygen atoms in total. The van der Waals surface area contributed by atoms with Gasteiger partial charge in [0.1, 0.15) is 0 Å². The van der Waals surface area contributed by atoms with Crippen molar-refractivity contribution >= 4 is 11.6 Å². The van der Waals surface area contributed by atoms with E-state index in [-0.39, 0.29) is 11.8 Å². The van der Waals surface area contributed by atoms with Crippen LogP contribution in [0.3, 0.4) is 0 Å². The predicted octanol–water partition coefficient (Wildman–Crippen LogP) is 3.29. The second kappa shape index (κ2) is 5.72. The molecule has 0 bridgehead atoms. The molecule has 0 saturated carbocycles. The van der Waals surface area contributed by atoms with Gasteiger partial charge in [0.2, 0.25) is 5.91 Å². The van der Waals surface area contributed by atoms with Gasteiger partial charge in [-0.25, -0.2) is 0 Å². The fourth-order valence-corrected chi connectivity index (χ4v) is 2.91. The SMILES string of the molecule is COc1cc2c(cc1OC)C(Cc1ccccc1C)C(=O)N2. The summed E-state index contributed by atoms with van der Waals surface area (Å²) in [4.78, 5) is 12.4. The number of hydrogen-bond donors (Lipinski definition) is 1. The maximum Gasteiger partial charge on any atom is 0.232 e. The fraction of sp³-hybridized carbons (Fsp3) is 0.278. The topological polar surface area (TPSA) is 47.6 Å². The molecule has 0 fully saturated rings. The molecule has 1 amide bonds. The van der Waals surface area contributed by atoms with Gasteiger partial charge >= 0.3 is 0 Å². The molecular formula is C18H19NO3. The highest BCUT2D eigenvalue weighted by molar-refractivity contribution is 6.03. The summed E-state index contributed by atoms with van der Waals surface area (Å²) >= 11 is 0. The van der Waals surface area contributed by atoms with Gasteiger partial charge in [-0.1, -0.05) is 24.3 Å². The number of ether oxygens (including phenoxy) is 2. The third-order valence-electron chi connectivity index (χ3n) is 4.19. The average Bonchev–Trinajstić information content (AvgIpc) is 2.83. The number of carbonyl (C=O) groups is 1. The number of benzene rings is 2. The van der Waals surface area contributed by atoms with E-state index in [1.54, 1.807) is 14.2 Å². The smallest absolute Gasteiger partial charge is 0.232 e. The lowest BCUT2D eigenvalue weighted by Crippen LogP contribution is -2.14. The molecule has 3 rings (SSSR count). The summed E-state index contributed by atoms with van der Waals surface area (Å²) in [6.07, 6.45) is 0.682. The van der Waals surface area contributed by atoms with E-state index in [1.807, 2.05) is 24.3 Å². The third kappa shape index (κ3) is 2.41. The van der Waals surface area contributed by atoms with Crippen LogP contribution >= 0.6 is 0 Å². The Kier molecular flexibility index (Phi) is 3.75. The average molecular weight is 297 g/mol. The van der Waals surface area contributed by atoms with Crippen LogP contribution in [0.15, 0.2) is 36.4 Å². The van der Waals surface area contributed by atoms with Gasteiger partial charge in [0.05, 0.1) is 20.1 Å². The van der Waals surface area contributed by atoms with Gasteiger partial charge in [0, 0.05) is 11.8 Å². The molecular weight excluding hydrogens is 278 g/mol. The van der Waals surface area contributed by atoms with Crippen LogP contribution in [0.5, 0.6) is 11.5 Å². The summed E-state index contributed by atoms with van der Waals surface area (Å²) in [6, 6.07) is 11.9. The van der Waals surface area contributed by atoms with Crippen molar-refractivity contribution in [3.63, 3.8) is 0 Å². The fourth-order valence-electron chi connectivity index (χ4n) is 2.91. The molecule has 0 spiro atoms. The van der Waals surface area contributed by atoms with E-state index in [9.17, 15) is 4.79 Å². The Morgan fingerprint density at radius 2 is 1.77 bits per heavy atom. The highest BCUT2D eigenvalue weighted by atomic mass is 16.5. The number of hydrogen-bond acceptors (Lipinski definition) is 3. The van der Waals surface area contributed by atoms with E-state index in [4.69, 9.17) is 9.47 Å². The van der Waals surface area contributed by atoms with Crippen molar-refractivity contribution in [1.82, 2.24) is 0 Å².